The lowest BCUT2D eigenvalue weighted by Crippen LogP contribution is -2.46. The number of guanidine groups is 1. The molecule has 1 aromatic rings. The zero-order valence-electron chi connectivity index (χ0n) is 18.0. The largest absolute Gasteiger partial charge is 0.416 e. The normalized spacial score (nSPS) is 16.0. The highest BCUT2D eigenvalue weighted by atomic mass is 19.4. The summed E-state index contributed by atoms with van der Waals surface area (Å²) in [6.07, 6.45) is -2.26. The van der Waals surface area contributed by atoms with E-state index in [0.29, 0.717) is 12.3 Å². The molecule has 30 heavy (non-hydrogen) atoms. The Hall–Kier alpha value is -2.00. The number of nitrogens with one attached hydrogen (secondary N) is 2. The van der Waals surface area contributed by atoms with Crippen molar-refractivity contribution in [2.45, 2.75) is 25.9 Å². The highest BCUT2D eigenvalue weighted by molar-refractivity contribution is 5.79. The van der Waals surface area contributed by atoms with Crippen LogP contribution in [0.1, 0.15) is 25.3 Å². The summed E-state index contributed by atoms with van der Waals surface area (Å²) in [6, 6.07) is 5.61. The van der Waals surface area contributed by atoms with E-state index in [9.17, 15) is 13.2 Å². The van der Waals surface area contributed by atoms with Crippen LogP contribution in [0.15, 0.2) is 29.3 Å². The lowest BCUT2D eigenvalue weighted by molar-refractivity contribution is -0.137. The van der Waals surface area contributed by atoms with E-state index >= 15 is 0 Å². The second-order valence-corrected chi connectivity index (χ2v) is 7.26. The van der Waals surface area contributed by atoms with Gasteiger partial charge in [-0.05, 0) is 44.5 Å². The van der Waals surface area contributed by atoms with Gasteiger partial charge in [0.05, 0.1) is 12.2 Å². The van der Waals surface area contributed by atoms with Crippen molar-refractivity contribution in [3.05, 3.63) is 29.8 Å². The average Bonchev–Trinajstić information content (AvgIpc) is 2.73. The number of nitrogens with zero attached hydrogens (tertiary/aromatic N) is 3. The van der Waals surface area contributed by atoms with Crippen molar-refractivity contribution in [2.75, 3.05) is 71.0 Å². The number of unbranched alkanes of at least 4 members (excludes halogenated alkanes) is 1. The molecule has 0 bridgehead atoms. The van der Waals surface area contributed by atoms with Gasteiger partial charge in [-0.2, -0.15) is 13.2 Å². The van der Waals surface area contributed by atoms with Crippen LogP contribution in [-0.2, 0) is 10.9 Å². The summed E-state index contributed by atoms with van der Waals surface area (Å²) >= 11 is 0. The molecule has 1 aliphatic heterocycles. The molecule has 0 radical (unpaired) electrons. The quantitative estimate of drug-likeness (QED) is 0.340. The number of piperazine rings is 1. The monoisotopic (exact) mass is 429 g/mol. The summed E-state index contributed by atoms with van der Waals surface area (Å²) in [5.41, 5.74) is 0.0624. The minimum atomic E-state index is -4.30. The van der Waals surface area contributed by atoms with Crippen LogP contribution in [0.5, 0.6) is 0 Å². The Morgan fingerprint density at radius 3 is 2.57 bits per heavy atom. The Labute approximate surface area is 177 Å². The minimum absolute atomic E-state index is 0.586. The Bertz CT molecular complexity index is 646. The van der Waals surface area contributed by atoms with Crippen molar-refractivity contribution in [2.24, 2.45) is 4.99 Å². The molecule has 0 spiro atoms. The lowest BCUT2D eigenvalue weighted by atomic mass is 10.1. The Kier molecular flexibility index (Phi) is 10.2. The first-order valence-corrected chi connectivity index (χ1v) is 10.6. The molecule has 0 amide bonds. The van der Waals surface area contributed by atoms with Crippen LogP contribution in [-0.4, -0.2) is 76.9 Å². The van der Waals surface area contributed by atoms with Crippen LogP contribution in [0.25, 0.3) is 0 Å². The Morgan fingerprint density at radius 1 is 1.13 bits per heavy atom. The van der Waals surface area contributed by atoms with Gasteiger partial charge in [0.2, 0.25) is 0 Å². The smallest absolute Gasteiger partial charge is 0.383 e. The van der Waals surface area contributed by atoms with E-state index in [4.69, 9.17) is 4.74 Å². The highest BCUT2D eigenvalue weighted by Gasteiger charge is 2.31. The molecule has 0 aromatic heterocycles. The number of benzene rings is 1. The van der Waals surface area contributed by atoms with Crippen molar-refractivity contribution in [1.82, 2.24) is 15.5 Å². The van der Waals surface area contributed by atoms with Crippen molar-refractivity contribution in [3.8, 4) is 0 Å². The summed E-state index contributed by atoms with van der Waals surface area (Å²) in [5, 5.41) is 6.44. The van der Waals surface area contributed by atoms with Gasteiger partial charge in [0.15, 0.2) is 5.96 Å². The van der Waals surface area contributed by atoms with Crippen molar-refractivity contribution in [3.63, 3.8) is 0 Å². The van der Waals surface area contributed by atoms with Gasteiger partial charge in [0, 0.05) is 58.6 Å². The fourth-order valence-electron chi connectivity index (χ4n) is 3.36. The topological polar surface area (TPSA) is 52.1 Å². The standard InChI is InChI=1S/C21H34F3N5O/c1-3-25-20(27-10-16-30-2)26-9-4-5-11-28-12-14-29(15-13-28)19-8-6-7-18(17-19)21(22,23)24/h6-8,17H,3-5,9-16H2,1-2H3,(H2,25,26,27). The van der Waals surface area contributed by atoms with Gasteiger partial charge in [0.1, 0.15) is 0 Å². The van der Waals surface area contributed by atoms with Gasteiger partial charge in [-0.3, -0.25) is 9.89 Å². The molecule has 0 aliphatic carbocycles. The number of anilines is 1. The molecule has 0 saturated carbocycles. The molecular weight excluding hydrogens is 395 g/mol. The molecule has 9 heteroatoms. The Morgan fingerprint density at radius 2 is 1.90 bits per heavy atom. The van der Waals surface area contributed by atoms with Crippen LogP contribution in [0.2, 0.25) is 0 Å². The molecule has 170 valence electrons. The van der Waals surface area contributed by atoms with E-state index in [0.717, 1.165) is 77.2 Å². The van der Waals surface area contributed by atoms with E-state index in [1.165, 1.54) is 12.1 Å². The lowest BCUT2D eigenvalue weighted by Gasteiger charge is -2.36. The van der Waals surface area contributed by atoms with Gasteiger partial charge in [-0.25, -0.2) is 0 Å². The second-order valence-electron chi connectivity index (χ2n) is 7.26. The zero-order valence-corrected chi connectivity index (χ0v) is 18.0. The van der Waals surface area contributed by atoms with Crippen molar-refractivity contribution < 1.29 is 17.9 Å². The summed E-state index contributed by atoms with van der Waals surface area (Å²) in [7, 11) is 1.67. The summed E-state index contributed by atoms with van der Waals surface area (Å²) in [6.45, 7) is 9.16. The number of alkyl halides is 3. The molecule has 2 rings (SSSR count). The first-order valence-electron chi connectivity index (χ1n) is 10.6. The molecule has 1 fully saturated rings. The molecule has 1 heterocycles. The first-order chi connectivity index (χ1) is 14.4. The maximum Gasteiger partial charge on any atom is 0.416 e. The van der Waals surface area contributed by atoms with Crippen LogP contribution in [0.4, 0.5) is 18.9 Å². The number of aliphatic imine (C=N–C) groups is 1. The van der Waals surface area contributed by atoms with Crippen LogP contribution in [0, 0.1) is 0 Å². The number of methoxy groups -OCH3 is 1. The fraction of sp³-hybridized carbons (Fsp3) is 0.667. The summed E-state index contributed by atoms with van der Waals surface area (Å²) < 4.78 is 43.8. The third kappa shape index (κ3) is 8.39. The van der Waals surface area contributed by atoms with E-state index in [1.807, 2.05) is 11.8 Å². The number of halogens is 3. The third-order valence-electron chi connectivity index (χ3n) is 5.01. The molecular formula is C21H34F3N5O. The molecule has 1 aromatic carbocycles. The van der Waals surface area contributed by atoms with Crippen molar-refractivity contribution >= 4 is 11.6 Å². The first kappa shape index (κ1) is 24.3. The van der Waals surface area contributed by atoms with Gasteiger partial charge in [0.25, 0.3) is 0 Å². The van der Waals surface area contributed by atoms with Gasteiger partial charge in [-0.15, -0.1) is 0 Å². The zero-order chi connectivity index (χ0) is 21.8. The SMILES string of the molecule is CCNC(=NCCCCN1CCN(c2cccc(C(F)(F)F)c2)CC1)NCCOC. The molecule has 1 saturated heterocycles. The summed E-state index contributed by atoms with van der Waals surface area (Å²) in [5.74, 6) is 0.809. The highest BCUT2D eigenvalue weighted by Crippen LogP contribution is 2.31. The van der Waals surface area contributed by atoms with Crippen molar-refractivity contribution in [1.29, 1.82) is 0 Å². The number of rotatable bonds is 10. The van der Waals surface area contributed by atoms with Gasteiger partial charge in [-0.1, -0.05) is 6.07 Å². The predicted molar refractivity (Wildman–Crippen MR) is 115 cm³/mol. The van der Waals surface area contributed by atoms with E-state index in [1.54, 1.807) is 13.2 Å². The van der Waals surface area contributed by atoms with Crippen LogP contribution in [0.3, 0.4) is 0 Å². The fourth-order valence-corrected chi connectivity index (χ4v) is 3.36. The molecule has 1 aliphatic rings. The third-order valence-corrected chi connectivity index (χ3v) is 5.01. The maximum absolute atomic E-state index is 12.9. The molecule has 0 unspecified atom stereocenters. The van der Waals surface area contributed by atoms with E-state index < -0.39 is 11.7 Å². The maximum atomic E-state index is 12.9. The van der Waals surface area contributed by atoms with Gasteiger partial charge >= 0.3 is 6.18 Å². The number of hydrogen-bond donors (Lipinski definition) is 2. The Balaban J connectivity index is 1.68. The number of hydrogen-bond acceptors (Lipinski definition) is 4. The van der Waals surface area contributed by atoms with E-state index in [-0.39, 0.29) is 0 Å². The molecule has 0 atom stereocenters. The predicted octanol–water partition coefficient (Wildman–Crippen LogP) is 2.81. The van der Waals surface area contributed by atoms with Gasteiger partial charge < -0.3 is 20.3 Å². The average molecular weight is 430 g/mol. The summed E-state index contributed by atoms with van der Waals surface area (Å²) in [4.78, 5) is 8.97. The van der Waals surface area contributed by atoms with E-state index in [2.05, 4.69) is 20.5 Å². The molecule has 2 N–H and O–H groups in total. The minimum Gasteiger partial charge on any atom is -0.383 e. The number of ether oxygens (including phenoxy) is 1. The second kappa shape index (κ2) is 12.6. The molecule has 6 nitrogen and oxygen atoms in total. The van der Waals surface area contributed by atoms with Crippen LogP contribution >= 0.6 is 0 Å². The van der Waals surface area contributed by atoms with Crippen LogP contribution < -0.4 is 15.5 Å².